The standard InChI is InChI=1S/C16H24N2O4S/c1-13-5-4-6-14(2)16(13)22-12-7-15(19)17-8-10-18(11-9-17)23(3,20)21/h4-6H,7-12H2,1-3H3. The molecule has 0 atom stereocenters. The number of hydrogen-bond acceptors (Lipinski definition) is 4. The van der Waals surface area contributed by atoms with Crippen LogP contribution in [0.15, 0.2) is 18.2 Å². The van der Waals surface area contributed by atoms with Crippen LogP contribution < -0.4 is 4.74 Å². The zero-order valence-electron chi connectivity index (χ0n) is 13.9. The van der Waals surface area contributed by atoms with Crippen LogP contribution in [-0.2, 0) is 14.8 Å². The van der Waals surface area contributed by atoms with Crippen molar-refractivity contribution in [3.63, 3.8) is 0 Å². The fourth-order valence-corrected chi connectivity index (χ4v) is 3.52. The number of amides is 1. The Bertz CT molecular complexity index is 644. The van der Waals surface area contributed by atoms with E-state index in [4.69, 9.17) is 4.74 Å². The fourth-order valence-electron chi connectivity index (χ4n) is 2.69. The lowest BCUT2D eigenvalue weighted by Gasteiger charge is -2.33. The number of sulfonamides is 1. The van der Waals surface area contributed by atoms with Crippen molar-refractivity contribution >= 4 is 15.9 Å². The molecule has 6 nitrogen and oxygen atoms in total. The summed E-state index contributed by atoms with van der Waals surface area (Å²) >= 11 is 0. The van der Waals surface area contributed by atoms with E-state index in [0.29, 0.717) is 39.2 Å². The SMILES string of the molecule is Cc1cccc(C)c1OCCC(=O)N1CCN(S(C)(=O)=O)CC1. The highest BCUT2D eigenvalue weighted by atomic mass is 32.2. The molecule has 0 aromatic heterocycles. The van der Waals surface area contributed by atoms with Crippen molar-refractivity contribution in [2.24, 2.45) is 0 Å². The van der Waals surface area contributed by atoms with Crippen LogP contribution in [0, 0.1) is 13.8 Å². The van der Waals surface area contributed by atoms with Crippen LogP contribution in [0.4, 0.5) is 0 Å². The minimum atomic E-state index is -3.17. The molecule has 0 aliphatic carbocycles. The summed E-state index contributed by atoms with van der Waals surface area (Å²) in [7, 11) is -3.17. The molecule has 1 aliphatic rings. The molecular weight excluding hydrogens is 316 g/mol. The molecule has 0 saturated carbocycles. The molecule has 23 heavy (non-hydrogen) atoms. The molecular formula is C16H24N2O4S. The van der Waals surface area contributed by atoms with E-state index in [-0.39, 0.29) is 5.91 Å². The monoisotopic (exact) mass is 340 g/mol. The maximum atomic E-state index is 12.2. The third-order valence-electron chi connectivity index (χ3n) is 4.03. The van der Waals surface area contributed by atoms with Crippen LogP contribution in [0.2, 0.25) is 0 Å². The van der Waals surface area contributed by atoms with Gasteiger partial charge >= 0.3 is 0 Å². The van der Waals surface area contributed by atoms with Gasteiger partial charge in [-0.25, -0.2) is 8.42 Å². The second kappa shape index (κ2) is 7.31. The number of benzene rings is 1. The van der Waals surface area contributed by atoms with Gasteiger partial charge in [-0.15, -0.1) is 0 Å². The summed E-state index contributed by atoms with van der Waals surface area (Å²) in [6.07, 6.45) is 1.50. The lowest BCUT2D eigenvalue weighted by Crippen LogP contribution is -2.50. The molecule has 2 rings (SSSR count). The van der Waals surface area contributed by atoms with Gasteiger partial charge in [0.1, 0.15) is 5.75 Å². The smallest absolute Gasteiger partial charge is 0.226 e. The molecule has 0 unspecified atom stereocenters. The summed E-state index contributed by atoms with van der Waals surface area (Å²) < 4.78 is 30.1. The van der Waals surface area contributed by atoms with Gasteiger partial charge < -0.3 is 9.64 Å². The highest BCUT2D eigenvalue weighted by molar-refractivity contribution is 7.88. The number of aryl methyl sites for hydroxylation is 2. The Morgan fingerprint density at radius 3 is 2.22 bits per heavy atom. The van der Waals surface area contributed by atoms with Crippen LogP contribution in [0.1, 0.15) is 17.5 Å². The molecule has 1 saturated heterocycles. The van der Waals surface area contributed by atoms with Crippen LogP contribution in [0.25, 0.3) is 0 Å². The first-order valence-corrected chi connectivity index (χ1v) is 9.56. The highest BCUT2D eigenvalue weighted by Gasteiger charge is 2.25. The Labute approximate surface area is 138 Å². The average Bonchev–Trinajstić information content (AvgIpc) is 2.49. The van der Waals surface area contributed by atoms with Crippen LogP contribution in [-0.4, -0.2) is 62.6 Å². The number of piperazine rings is 1. The fraction of sp³-hybridized carbons (Fsp3) is 0.562. The summed E-state index contributed by atoms with van der Waals surface area (Å²) in [5.41, 5.74) is 2.11. The zero-order valence-corrected chi connectivity index (χ0v) is 14.7. The van der Waals surface area contributed by atoms with Crippen molar-refractivity contribution < 1.29 is 17.9 Å². The molecule has 1 amide bonds. The molecule has 1 aromatic carbocycles. The van der Waals surface area contributed by atoms with E-state index in [1.165, 1.54) is 10.6 Å². The van der Waals surface area contributed by atoms with E-state index in [0.717, 1.165) is 16.9 Å². The minimum absolute atomic E-state index is 0.00406. The first-order chi connectivity index (χ1) is 10.8. The number of carbonyl (C=O) groups excluding carboxylic acids is 1. The van der Waals surface area contributed by atoms with Crippen molar-refractivity contribution in [2.45, 2.75) is 20.3 Å². The van der Waals surface area contributed by atoms with Crippen molar-refractivity contribution in [1.29, 1.82) is 0 Å². The van der Waals surface area contributed by atoms with Crippen molar-refractivity contribution in [2.75, 3.05) is 39.0 Å². The molecule has 1 heterocycles. The number of carbonyl (C=O) groups is 1. The van der Waals surface area contributed by atoms with Crippen LogP contribution in [0.5, 0.6) is 5.75 Å². The first-order valence-electron chi connectivity index (χ1n) is 7.71. The van der Waals surface area contributed by atoms with E-state index in [1.54, 1.807) is 4.90 Å². The maximum Gasteiger partial charge on any atom is 0.226 e. The third kappa shape index (κ3) is 4.68. The largest absolute Gasteiger partial charge is 0.493 e. The van der Waals surface area contributed by atoms with Crippen LogP contribution in [0.3, 0.4) is 0 Å². The molecule has 0 spiro atoms. The van der Waals surface area contributed by atoms with Gasteiger partial charge in [0.05, 0.1) is 19.3 Å². The Kier molecular flexibility index (Phi) is 5.64. The number of rotatable bonds is 5. The summed E-state index contributed by atoms with van der Waals surface area (Å²) in [5.74, 6) is 0.839. The Hall–Kier alpha value is -1.60. The van der Waals surface area contributed by atoms with Crippen molar-refractivity contribution in [1.82, 2.24) is 9.21 Å². The summed E-state index contributed by atoms with van der Waals surface area (Å²) in [5, 5.41) is 0. The predicted molar refractivity (Wildman–Crippen MR) is 89.0 cm³/mol. The first kappa shape index (κ1) is 17.7. The average molecular weight is 340 g/mol. The molecule has 128 valence electrons. The molecule has 0 bridgehead atoms. The Morgan fingerprint density at radius 1 is 1.13 bits per heavy atom. The molecule has 7 heteroatoms. The summed E-state index contributed by atoms with van der Waals surface area (Å²) in [6.45, 7) is 5.90. The predicted octanol–water partition coefficient (Wildman–Crippen LogP) is 1.18. The Balaban J connectivity index is 1.80. The second-order valence-corrected chi connectivity index (χ2v) is 7.84. The molecule has 1 fully saturated rings. The summed E-state index contributed by atoms with van der Waals surface area (Å²) in [6, 6.07) is 5.94. The van der Waals surface area contributed by atoms with Gasteiger partial charge in [-0.1, -0.05) is 18.2 Å². The van der Waals surface area contributed by atoms with Gasteiger partial charge in [0.15, 0.2) is 0 Å². The lowest BCUT2D eigenvalue weighted by atomic mass is 10.1. The number of hydrogen-bond donors (Lipinski definition) is 0. The van der Waals surface area contributed by atoms with Crippen LogP contribution >= 0.6 is 0 Å². The van der Waals surface area contributed by atoms with E-state index >= 15 is 0 Å². The minimum Gasteiger partial charge on any atom is -0.493 e. The van der Waals surface area contributed by atoms with Gasteiger partial charge in [-0.3, -0.25) is 4.79 Å². The topological polar surface area (TPSA) is 66.9 Å². The number of ether oxygens (including phenoxy) is 1. The van der Waals surface area contributed by atoms with E-state index in [1.807, 2.05) is 32.0 Å². The van der Waals surface area contributed by atoms with Gasteiger partial charge in [0.2, 0.25) is 15.9 Å². The number of para-hydroxylation sites is 1. The van der Waals surface area contributed by atoms with E-state index in [2.05, 4.69) is 0 Å². The molecule has 1 aliphatic heterocycles. The van der Waals surface area contributed by atoms with Crippen molar-refractivity contribution in [3.8, 4) is 5.75 Å². The highest BCUT2D eigenvalue weighted by Crippen LogP contribution is 2.22. The normalized spacial score (nSPS) is 16.4. The van der Waals surface area contributed by atoms with Gasteiger partial charge in [-0.05, 0) is 25.0 Å². The number of nitrogens with zero attached hydrogens (tertiary/aromatic N) is 2. The quantitative estimate of drug-likeness (QED) is 0.807. The molecule has 1 aromatic rings. The zero-order chi connectivity index (χ0) is 17.0. The maximum absolute atomic E-state index is 12.2. The van der Waals surface area contributed by atoms with Gasteiger partial charge in [0, 0.05) is 26.2 Å². The van der Waals surface area contributed by atoms with Gasteiger partial charge in [0.25, 0.3) is 0 Å². The van der Waals surface area contributed by atoms with E-state index in [9.17, 15) is 13.2 Å². The lowest BCUT2D eigenvalue weighted by molar-refractivity contribution is -0.132. The van der Waals surface area contributed by atoms with Crippen molar-refractivity contribution in [3.05, 3.63) is 29.3 Å². The second-order valence-electron chi connectivity index (χ2n) is 5.86. The third-order valence-corrected chi connectivity index (χ3v) is 5.33. The Morgan fingerprint density at radius 2 is 1.70 bits per heavy atom. The van der Waals surface area contributed by atoms with Gasteiger partial charge in [-0.2, -0.15) is 4.31 Å². The van der Waals surface area contributed by atoms with E-state index < -0.39 is 10.0 Å². The molecule has 0 N–H and O–H groups in total. The molecule has 0 radical (unpaired) electrons. The summed E-state index contributed by atoms with van der Waals surface area (Å²) in [4.78, 5) is 13.9.